The van der Waals surface area contributed by atoms with E-state index in [2.05, 4.69) is 5.92 Å². The van der Waals surface area contributed by atoms with Crippen molar-refractivity contribution in [3.63, 3.8) is 0 Å². The fourth-order valence-electron chi connectivity index (χ4n) is 0.376. The summed E-state index contributed by atoms with van der Waals surface area (Å²) < 4.78 is 29.1. The van der Waals surface area contributed by atoms with Crippen LogP contribution in [0, 0.1) is 11.8 Å². The van der Waals surface area contributed by atoms with Gasteiger partial charge in [0.2, 0.25) is 0 Å². The lowest BCUT2D eigenvalue weighted by Gasteiger charge is -2.00. The largest absolute Gasteiger partial charge is 0.472 e. The van der Waals surface area contributed by atoms with E-state index in [0.717, 1.165) is 0 Å². The molecule has 6 heteroatoms. The Kier molecular flexibility index (Phi) is 3.73. The van der Waals surface area contributed by atoms with Crippen LogP contribution in [-0.4, -0.2) is 29.3 Å². The number of hydrogen-bond donors (Lipinski definition) is 2. The molecule has 0 aliphatic rings. The van der Waals surface area contributed by atoms with Gasteiger partial charge in [0.15, 0.2) is 0 Å². The molecule has 0 saturated carbocycles. The summed E-state index contributed by atoms with van der Waals surface area (Å²) in [5.41, 5.74) is 0. The van der Waals surface area contributed by atoms with Gasteiger partial charge < -0.3 is 5.11 Å². The van der Waals surface area contributed by atoms with Crippen molar-refractivity contribution >= 4 is 16.1 Å². The molecule has 0 aromatic rings. The van der Waals surface area contributed by atoms with E-state index in [0.29, 0.717) is 0 Å². The molecule has 0 rings (SSSR count). The van der Waals surface area contributed by atoms with Gasteiger partial charge in [-0.2, -0.15) is 8.42 Å². The van der Waals surface area contributed by atoms with Crippen LogP contribution in [0.15, 0.2) is 0 Å². The van der Waals surface area contributed by atoms with Crippen LogP contribution in [0.25, 0.3) is 0 Å². The van der Waals surface area contributed by atoms with E-state index in [1.165, 1.54) is 6.92 Å². The van der Waals surface area contributed by atoms with Crippen molar-refractivity contribution in [3.05, 3.63) is 0 Å². The average molecular weight is 192 g/mol. The number of hydrogen-bond acceptors (Lipinski definition) is 3. The quantitative estimate of drug-likeness (QED) is 0.464. The molecular weight excluding hydrogens is 184 g/mol. The van der Waals surface area contributed by atoms with Gasteiger partial charge >= 0.3 is 5.97 Å². The molecule has 0 aliphatic carbocycles. The Bertz CT molecular complexity index is 318. The second-order valence-electron chi connectivity index (χ2n) is 2.14. The highest BCUT2D eigenvalue weighted by Gasteiger charge is 2.15. The Hall–Kier alpha value is -1.06. The first-order valence-electron chi connectivity index (χ1n) is 3.02. The minimum atomic E-state index is -4.10. The molecule has 0 aliphatic heterocycles. The minimum Gasteiger partial charge on any atom is -0.472 e. The minimum absolute atomic E-state index is 0.189. The van der Waals surface area contributed by atoms with Gasteiger partial charge in [0.1, 0.15) is 0 Å². The van der Waals surface area contributed by atoms with Crippen LogP contribution in [0.1, 0.15) is 13.3 Å². The fraction of sp³-hybridized carbons (Fsp3) is 0.500. The maximum atomic E-state index is 10.3. The first kappa shape index (κ1) is 10.9. The molecule has 0 fully saturated rings. The van der Waals surface area contributed by atoms with Gasteiger partial charge in [-0.05, 0) is 6.92 Å². The van der Waals surface area contributed by atoms with Crippen LogP contribution in [0.3, 0.4) is 0 Å². The van der Waals surface area contributed by atoms with Crippen molar-refractivity contribution in [2.45, 2.75) is 18.6 Å². The Morgan fingerprint density at radius 1 is 1.58 bits per heavy atom. The first-order valence-corrected chi connectivity index (χ1v) is 4.52. The smallest absolute Gasteiger partial charge is 0.381 e. The summed E-state index contributed by atoms with van der Waals surface area (Å²) in [6.45, 7) is 1.24. The molecule has 0 aromatic carbocycles. The summed E-state index contributed by atoms with van der Waals surface area (Å²) in [5.74, 6) is 2.52. The molecule has 68 valence electrons. The van der Waals surface area contributed by atoms with Crippen LogP contribution in [-0.2, 0) is 14.9 Å². The Morgan fingerprint density at radius 2 is 2.08 bits per heavy atom. The van der Waals surface area contributed by atoms with Crippen molar-refractivity contribution in [2.75, 3.05) is 0 Å². The summed E-state index contributed by atoms with van der Waals surface area (Å²) in [6, 6.07) is 0. The highest BCUT2D eigenvalue weighted by atomic mass is 32.2. The molecule has 5 nitrogen and oxygen atoms in total. The van der Waals surface area contributed by atoms with E-state index in [1.807, 2.05) is 0 Å². The molecule has 0 radical (unpaired) electrons. The molecule has 0 bridgehead atoms. The van der Waals surface area contributed by atoms with E-state index < -0.39 is 21.3 Å². The second-order valence-corrected chi connectivity index (χ2v) is 3.97. The third-order valence-electron chi connectivity index (χ3n) is 1.09. The van der Waals surface area contributed by atoms with Gasteiger partial charge in [-0.3, -0.25) is 4.55 Å². The highest BCUT2D eigenvalue weighted by Crippen LogP contribution is 2.00. The summed E-state index contributed by atoms with van der Waals surface area (Å²) in [6.07, 6.45) is -0.189. The van der Waals surface area contributed by atoms with E-state index in [4.69, 9.17) is 9.66 Å². The first-order chi connectivity index (χ1) is 5.34. The zero-order valence-electron chi connectivity index (χ0n) is 6.31. The van der Waals surface area contributed by atoms with Crippen LogP contribution >= 0.6 is 0 Å². The molecule has 1 atom stereocenters. The number of aliphatic carboxylic acids is 1. The molecule has 0 amide bonds. The van der Waals surface area contributed by atoms with Crippen molar-refractivity contribution in [1.82, 2.24) is 0 Å². The molecule has 0 aromatic heterocycles. The molecular formula is C6H8O5S. The second kappa shape index (κ2) is 4.09. The van der Waals surface area contributed by atoms with Gasteiger partial charge in [-0.15, -0.1) is 0 Å². The van der Waals surface area contributed by atoms with Gasteiger partial charge in [-0.1, -0.05) is 5.92 Å². The van der Waals surface area contributed by atoms with Crippen LogP contribution < -0.4 is 0 Å². The van der Waals surface area contributed by atoms with E-state index >= 15 is 0 Å². The van der Waals surface area contributed by atoms with Gasteiger partial charge in [-0.25, -0.2) is 4.79 Å². The van der Waals surface area contributed by atoms with Gasteiger partial charge in [0, 0.05) is 12.3 Å². The Balaban J connectivity index is 4.17. The van der Waals surface area contributed by atoms with E-state index in [-0.39, 0.29) is 6.42 Å². The van der Waals surface area contributed by atoms with Crippen molar-refractivity contribution in [1.29, 1.82) is 0 Å². The normalized spacial score (nSPS) is 12.8. The van der Waals surface area contributed by atoms with Crippen molar-refractivity contribution < 1.29 is 22.9 Å². The van der Waals surface area contributed by atoms with Gasteiger partial charge in [0.05, 0.1) is 5.25 Å². The summed E-state index contributed by atoms with van der Waals surface area (Å²) in [4.78, 5) is 9.84. The van der Waals surface area contributed by atoms with E-state index in [1.54, 1.807) is 5.92 Å². The highest BCUT2D eigenvalue weighted by molar-refractivity contribution is 7.86. The van der Waals surface area contributed by atoms with Crippen LogP contribution in [0.2, 0.25) is 0 Å². The molecule has 0 spiro atoms. The zero-order valence-corrected chi connectivity index (χ0v) is 7.13. The maximum absolute atomic E-state index is 10.3. The number of carboxylic acid groups (broad SMARTS) is 1. The number of carboxylic acids is 1. The zero-order chi connectivity index (χ0) is 9.78. The topological polar surface area (TPSA) is 91.7 Å². The predicted molar refractivity (Wildman–Crippen MR) is 41.0 cm³/mol. The molecule has 12 heavy (non-hydrogen) atoms. The molecule has 2 N–H and O–H groups in total. The average Bonchev–Trinajstić information content (AvgIpc) is 1.84. The monoisotopic (exact) mass is 192 g/mol. The van der Waals surface area contributed by atoms with Crippen LogP contribution in [0.5, 0.6) is 0 Å². The fourth-order valence-corrected chi connectivity index (χ4v) is 0.670. The third-order valence-corrected chi connectivity index (χ3v) is 2.28. The van der Waals surface area contributed by atoms with E-state index in [9.17, 15) is 13.2 Å². The van der Waals surface area contributed by atoms with Crippen molar-refractivity contribution in [2.24, 2.45) is 0 Å². The lowest BCUT2D eigenvalue weighted by molar-refractivity contribution is -0.130. The molecule has 0 saturated heterocycles. The third kappa shape index (κ3) is 4.71. The number of rotatable bonds is 2. The van der Waals surface area contributed by atoms with Crippen molar-refractivity contribution in [3.8, 4) is 11.8 Å². The Labute approximate surface area is 70.1 Å². The summed E-state index contributed by atoms with van der Waals surface area (Å²) >= 11 is 0. The standard InChI is InChI=1S/C6H8O5S/c1-5(12(9,10)11)3-2-4-6(7)8/h5H,3H2,1H3,(H,7,8)(H,9,10,11). The lowest BCUT2D eigenvalue weighted by atomic mass is 10.3. The lowest BCUT2D eigenvalue weighted by Crippen LogP contribution is -2.15. The molecule has 0 heterocycles. The maximum Gasteiger partial charge on any atom is 0.381 e. The van der Waals surface area contributed by atoms with Crippen LogP contribution in [0.4, 0.5) is 0 Å². The summed E-state index contributed by atoms with van der Waals surface area (Å²) in [5, 5.41) is 6.99. The predicted octanol–water partition coefficient (Wildman–Crippen LogP) is -0.259. The number of carbonyl (C=O) groups is 1. The Morgan fingerprint density at radius 3 is 2.42 bits per heavy atom. The summed E-state index contributed by atoms with van der Waals surface area (Å²) in [7, 11) is -4.10. The van der Waals surface area contributed by atoms with Gasteiger partial charge in [0.25, 0.3) is 10.1 Å². The SMILES string of the molecule is CC(CC#CC(=O)O)S(=O)(=O)O. The molecule has 1 unspecified atom stereocenters.